The molecule has 6 aliphatic rings. The number of fused-ring (bicyclic) bond motifs is 8. The second-order valence-corrected chi connectivity index (χ2v) is 13.7. The van der Waals surface area contributed by atoms with Gasteiger partial charge in [-0.1, -0.05) is 20.3 Å². The molecular weight excluding hydrogens is 440 g/mol. The van der Waals surface area contributed by atoms with Gasteiger partial charge in [0.15, 0.2) is 0 Å². The van der Waals surface area contributed by atoms with Crippen LogP contribution in [0.25, 0.3) is 0 Å². The number of Topliss-reactive ketones (excluding diaryl/α,β-unsaturated/α-hetero) is 1. The summed E-state index contributed by atoms with van der Waals surface area (Å²) in [5.74, 6) is 1.91. The normalized spacial score (nSPS) is 41.8. The van der Waals surface area contributed by atoms with Crippen LogP contribution in [0.1, 0.15) is 78.1 Å². The summed E-state index contributed by atoms with van der Waals surface area (Å²) in [6.07, 6.45) is 10.7. The predicted molar refractivity (Wildman–Crippen MR) is 125 cm³/mol. The number of rotatable bonds is 2. The summed E-state index contributed by atoms with van der Waals surface area (Å²) in [6.45, 7) is 7.55. The molecule has 4 saturated heterocycles. The highest BCUT2D eigenvalue weighted by atomic mass is 32.2. The molecule has 4 aliphatic heterocycles. The van der Waals surface area contributed by atoms with Crippen LogP contribution in [0.2, 0.25) is 0 Å². The van der Waals surface area contributed by atoms with E-state index in [2.05, 4.69) is 9.80 Å². The van der Waals surface area contributed by atoms with Crippen LogP contribution in [0.15, 0.2) is 0 Å². The number of hydrogen-bond donors (Lipinski definition) is 1. The Labute approximate surface area is 198 Å². The topological polar surface area (TPSA) is 95.0 Å². The van der Waals surface area contributed by atoms with E-state index in [4.69, 9.17) is 4.55 Å². The summed E-state index contributed by atoms with van der Waals surface area (Å²) in [6, 6.07) is 1.39. The van der Waals surface area contributed by atoms with E-state index in [1.807, 2.05) is 13.8 Å². The minimum absolute atomic E-state index is 0.0152. The third kappa shape index (κ3) is 3.98. The van der Waals surface area contributed by atoms with Crippen molar-refractivity contribution in [2.24, 2.45) is 28.6 Å². The lowest BCUT2D eigenvalue weighted by Gasteiger charge is -2.56. The second-order valence-electron chi connectivity index (χ2n) is 12.2. The number of hydrogen-bond acceptors (Lipinski definition) is 5. The van der Waals surface area contributed by atoms with E-state index in [1.54, 1.807) is 0 Å². The Morgan fingerprint density at radius 2 is 1.73 bits per heavy atom. The molecule has 6 atom stereocenters. The monoisotopic (exact) mass is 480 g/mol. The maximum atomic E-state index is 12.1. The Morgan fingerprint density at radius 1 is 1.00 bits per heavy atom. The van der Waals surface area contributed by atoms with Crippen molar-refractivity contribution in [3.8, 4) is 0 Å². The van der Waals surface area contributed by atoms with Gasteiger partial charge in [-0.25, -0.2) is 0 Å². The fraction of sp³-hybridized carbons (Fsp3) is 0.920. The average molecular weight is 481 g/mol. The third-order valence-corrected chi connectivity index (χ3v) is 11.3. The van der Waals surface area contributed by atoms with E-state index in [0.29, 0.717) is 24.8 Å². The molecule has 4 bridgehead atoms. The number of carbonyl (C=O) groups excluding carboxylic acids is 2. The van der Waals surface area contributed by atoms with Crippen molar-refractivity contribution in [1.29, 1.82) is 0 Å². The molecule has 1 N–H and O–H groups in total. The van der Waals surface area contributed by atoms with Gasteiger partial charge in [0.05, 0.1) is 11.2 Å². The number of piperidine rings is 4. The molecule has 186 valence electrons. The van der Waals surface area contributed by atoms with Crippen LogP contribution >= 0.6 is 0 Å². The van der Waals surface area contributed by atoms with Crippen molar-refractivity contribution < 1.29 is 22.6 Å². The van der Waals surface area contributed by atoms with Crippen LogP contribution in [0.5, 0.6) is 0 Å². The van der Waals surface area contributed by atoms with Gasteiger partial charge in [0, 0.05) is 38.0 Å². The fourth-order valence-corrected chi connectivity index (χ4v) is 9.82. The Balaban J connectivity index is 0.000000141. The van der Waals surface area contributed by atoms with E-state index < -0.39 is 21.3 Å². The SMILES string of the molecule is CC1(C)C2CCC1(CS(=O)(=O)O)C(=O)C2.O=C1CCCC2C3CC(CN12)C1CCCCN1C3. The van der Waals surface area contributed by atoms with Gasteiger partial charge >= 0.3 is 0 Å². The summed E-state index contributed by atoms with van der Waals surface area (Å²) in [5, 5.41) is 0. The maximum Gasteiger partial charge on any atom is 0.265 e. The first-order chi connectivity index (χ1) is 15.5. The number of ketones is 1. The van der Waals surface area contributed by atoms with Gasteiger partial charge in [0.25, 0.3) is 10.1 Å². The van der Waals surface area contributed by atoms with E-state index in [9.17, 15) is 18.0 Å². The van der Waals surface area contributed by atoms with Crippen LogP contribution in [-0.4, -0.2) is 71.9 Å². The lowest BCUT2D eigenvalue weighted by Crippen LogP contribution is -2.64. The van der Waals surface area contributed by atoms with Gasteiger partial charge in [-0.3, -0.25) is 19.0 Å². The molecule has 0 spiro atoms. The third-order valence-electron chi connectivity index (χ3n) is 10.4. The standard InChI is InChI=1S/C15H24N2O.C10H16O4S/c18-15-6-3-5-14-11-8-12(10-17(14)15)13-4-1-2-7-16(13)9-11;1-9(2)7-3-4-10(9,8(11)5-7)6-15(12,13)14/h11-14H,1-10H2;7H,3-6H2,1-2H3,(H,12,13,14). The highest BCUT2D eigenvalue weighted by Gasteiger charge is 2.65. The molecule has 0 aromatic heterocycles. The second kappa shape index (κ2) is 8.30. The van der Waals surface area contributed by atoms with Crippen LogP contribution < -0.4 is 0 Å². The Morgan fingerprint density at radius 3 is 2.39 bits per heavy atom. The van der Waals surface area contributed by atoms with E-state index in [0.717, 1.165) is 43.7 Å². The van der Waals surface area contributed by atoms with Gasteiger partial charge in [-0.2, -0.15) is 8.42 Å². The minimum Gasteiger partial charge on any atom is -0.339 e. The molecule has 8 heteroatoms. The highest BCUT2D eigenvalue weighted by molar-refractivity contribution is 7.85. The highest BCUT2D eigenvalue weighted by Crippen LogP contribution is 2.64. The maximum absolute atomic E-state index is 12.1. The molecular formula is C25H40N2O5S. The molecule has 6 unspecified atom stereocenters. The summed E-state index contributed by atoms with van der Waals surface area (Å²) < 4.78 is 31.0. The van der Waals surface area contributed by atoms with Crippen molar-refractivity contribution in [1.82, 2.24) is 9.80 Å². The Bertz CT molecular complexity index is 918. The van der Waals surface area contributed by atoms with Crippen LogP contribution in [0.3, 0.4) is 0 Å². The molecule has 2 aliphatic carbocycles. The van der Waals surface area contributed by atoms with Gasteiger partial charge in [0.1, 0.15) is 5.78 Å². The van der Waals surface area contributed by atoms with Gasteiger partial charge < -0.3 is 4.90 Å². The first kappa shape index (κ1) is 23.7. The molecule has 4 heterocycles. The van der Waals surface area contributed by atoms with E-state index in [-0.39, 0.29) is 17.1 Å². The zero-order valence-corrected chi connectivity index (χ0v) is 21.0. The van der Waals surface area contributed by atoms with Crippen molar-refractivity contribution >= 4 is 21.8 Å². The molecule has 0 aromatic rings. The van der Waals surface area contributed by atoms with Crippen molar-refractivity contribution in [3.05, 3.63) is 0 Å². The number of amides is 1. The van der Waals surface area contributed by atoms with Crippen LogP contribution in [0, 0.1) is 28.6 Å². The molecule has 33 heavy (non-hydrogen) atoms. The summed E-state index contributed by atoms with van der Waals surface area (Å²) >= 11 is 0. The molecule has 7 nitrogen and oxygen atoms in total. The zero-order valence-electron chi connectivity index (χ0n) is 20.2. The predicted octanol–water partition coefficient (Wildman–Crippen LogP) is 3.14. The molecule has 0 aromatic carbocycles. The summed E-state index contributed by atoms with van der Waals surface area (Å²) in [7, 11) is -4.08. The fourth-order valence-electron chi connectivity index (χ4n) is 8.52. The average Bonchev–Trinajstić information content (AvgIpc) is 3.08. The van der Waals surface area contributed by atoms with Gasteiger partial charge in [0.2, 0.25) is 5.91 Å². The largest absolute Gasteiger partial charge is 0.339 e. The van der Waals surface area contributed by atoms with Crippen LogP contribution in [0.4, 0.5) is 0 Å². The molecule has 2 saturated carbocycles. The summed E-state index contributed by atoms with van der Waals surface area (Å²) in [4.78, 5) is 29.0. The first-order valence-corrected chi connectivity index (χ1v) is 14.6. The lowest BCUT2D eigenvalue weighted by atomic mass is 9.70. The van der Waals surface area contributed by atoms with Crippen molar-refractivity contribution in [2.75, 3.05) is 25.4 Å². The zero-order chi connectivity index (χ0) is 23.6. The molecule has 1 amide bonds. The smallest absolute Gasteiger partial charge is 0.265 e. The lowest BCUT2D eigenvalue weighted by molar-refractivity contribution is -0.148. The molecule has 0 radical (unpaired) electrons. The number of carbonyl (C=O) groups is 2. The molecule has 6 rings (SSSR count). The van der Waals surface area contributed by atoms with Crippen molar-refractivity contribution in [2.45, 2.75) is 90.1 Å². The van der Waals surface area contributed by atoms with Gasteiger partial charge in [-0.15, -0.1) is 0 Å². The van der Waals surface area contributed by atoms with Crippen molar-refractivity contribution in [3.63, 3.8) is 0 Å². The quantitative estimate of drug-likeness (QED) is 0.610. The minimum atomic E-state index is -4.08. The Kier molecular flexibility index (Phi) is 5.97. The first-order valence-electron chi connectivity index (χ1n) is 13.0. The van der Waals surface area contributed by atoms with E-state index in [1.165, 1.54) is 45.2 Å². The summed E-state index contributed by atoms with van der Waals surface area (Å²) in [5.41, 5.74) is -1.12. The molecule has 6 fully saturated rings. The van der Waals surface area contributed by atoms with Gasteiger partial charge in [-0.05, 0) is 74.7 Å². The number of nitrogens with zero attached hydrogens (tertiary/aromatic N) is 2. The van der Waals surface area contributed by atoms with E-state index >= 15 is 0 Å². The Hall–Kier alpha value is -0.990. The van der Waals surface area contributed by atoms with Crippen LogP contribution in [-0.2, 0) is 19.7 Å².